The molecule has 3 aromatic carbocycles. The fraction of sp³-hybridized carbons (Fsp3) is 0.276. The molecule has 0 aromatic heterocycles. The summed E-state index contributed by atoms with van der Waals surface area (Å²) in [6.45, 7) is 6.94. The van der Waals surface area contributed by atoms with Crippen LogP contribution in [0.15, 0.2) is 84.4 Å². The zero-order valence-corrected chi connectivity index (χ0v) is 21.5. The summed E-state index contributed by atoms with van der Waals surface area (Å²) < 4.78 is 5.31. The van der Waals surface area contributed by atoms with Gasteiger partial charge in [0.2, 0.25) is 0 Å². The van der Waals surface area contributed by atoms with E-state index in [0.29, 0.717) is 21.5 Å². The molecule has 1 heterocycles. The van der Waals surface area contributed by atoms with Gasteiger partial charge < -0.3 is 0 Å². The van der Waals surface area contributed by atoms with Gasteiger partial charge in [-0.2, -0.15) is 0 Å². The fourth-order valence-corrected chi connectivity index (χ4v) is 6.97. The summed E-state index contributed by atoms with van der Waals surface area (Å²) in [5.74, 6) is 1.03. The van der Waals surface area contributed by atoms with Crippen LogP contribution in [0.1, 0.15) is 36.1 Å². The van der Waals surface area contributed by atoms with Gasteiger partial charge in [0.1, 0.15) is 0 Å². The van der Waals surface area contributed by atoms with Gasteiger partial charge in [-0.1, -0.05) is 0 Å². The number of methoxy groups -OCH3 is 1. The molecular weight excluding hydrogens is 473 g/mol. The fourth-order valence-electron chi connectivity index (χ4n) is 4.29. The summed E-state index contributed by atoms with van der Waals surface area (Å²) in [5, 5.41) is 1.94. The Labute approximate surface area is 203 Å². The molecule has 1 aliphatic heterocycles. The molecule has 170 valence electrons. The van der Waals surface area contributed by atoms with Crippen LogP contribution in [0, 0.1) is 12.3 Å². The number of hydrogen-bond donors (Lipinski definition) is 0. The Morgan fingerprint density at radius 3 is 2.18 bits per heavy atom. The van der Waals surface area contributed by atoms with Crippen molar-refractivity contribution in [2.24, 2.45) is 5.41 Å². The number of amides is 1. The van der Waals surface area contributed by atoms with Gasteiger partial charge in [-0.3, -0.25) is 0 Å². The molecule has 0 aliphatic carbocycles. The Balaban J connectivity index is 1.64. The molecule has 1 unspecified atom stereocenters. The van der Waals surface area contributed by atoms with Crippen LogP contribution in [0.25, 0.3) is 5.70 Å². The van der Waals surface area contributed by atoms with Gasteiger partial charge >= 0.3 is 204 Å². The molecule has 0 saturated heterocycles. The second-order valence-electron chi connectivity index (χ2n) is 8.89. The summed E-state index contributed by atoms with van der Waals surface area (Å²) in [7, 11) is 1.67. The molecule has 3 aromatic rings. The van der Waals surface area contributed by atoms with E-state index in [0.717, 1.165) is 33.2 Å². The van der Waals surface area contributed by atoms with Crippen LogP contribution in [0.5, 0.6) is 5.75 Å². The van der Waals surface area contributed by atoms with Crippen LogP contribution in [0.4, 0.5) is 0 Å². The van der Waals surface area contributed by atoms with E-state index < -0.39 is 5.41 Å². The van der Waals surface area contributed by atoms with Crippen molar-refractivity contribution in [3.8, 4) is 5.75 Å². The summed E-state index contributed by atoms with van der Waals surface area (Å²) in [6.07, 6.45) is 0. The average Bonchev–Trinajstić information content (AvgIpc) is 3.02. The van der Waals surface area contributed by atoms with Crippen molar-refractivity contribution in [3.05, 3.63) is 107 Å². The Bertz CT molecular complexity index is 1140. The van der Waals surface area contributed by atoms with Crippen molar-refractivity contribution in [1.29, 1.82) is 0 Å². The quantitative estimate of drug-likeness (QED) is 0.347. The maximum atomic E-state index is 13.9. The van der Waals surface area contributed by atoms with Crippen LogP contribution in [0.2, 0.25) is 5.32 Å². The van der Waals surface area contributed by atoms with Gasteiger partial charge in [0.15, 0.2) is 0 Å². The van der Waals surface area contributed by atoms with Crippen molar-refractivity contribution in [1.82, 2.24) is 4.90 Å². The normalized spacial score (nSPS) is 18.2. The number of nitrogens with zero attached hydrogens (tertiary/aromatic N) is 1. The van der Waals surface area contributed by atoms with Gasteiger partial charge in [-0.05, 0) is 0 Å². The minimum atomic E-state index is -0.471. The minimum absolute atomic E-state index is 0.210. The number of hydrogen-bond acceptors (Lipinski definition) is 2. The second kappa shape index (κ2) is 9.99. The van der Waals surface area contributed by atoms with E-state index in [1.165, 1.54) is 16.7 Å². The third kappa shape index (κ3) is 4.93. The zero-order valence-electron chi connectivity index (χ0n) is 19.8. The van der Waals surface area contributed by atoms with Crippen molar-refractivity contribution in [2.45, 2.75) is 38.0 Å². The van der Waals surface area contributed by atoms with Crippen molar-refractivity contribution in [2.75, 3.05) is 7.11 Å². The number of benzene rings is 3. The molecule has 4 heteroatoms. The predicted molar refractivity (Wildman–Crippen MR) is 136 cm³/mol. The van der Waals surface area contributed by atoms with Gasteiger partial charge in [-0.25, -0.2) is 0 Å². The number of aryl methyl sites for hydroxylation is 1. The third-order valence-corrected chi connectivity index (χ3v) is 9.26. The number of carbonyl (C=O) groups is 1. The molecule has 0 bridgehead atoms. The second-order valence-corrected chi connectivity index (χ2v) is 11.0. The first-order valence-corrected chi connectivity index (χ1v) is 13.7. The molecule has 33 heavy (non-hydrogen) atoms. The molecule has 0 radical (unpaired) electrons. The maximum absolute atomic E-state index is 13.9. The molecule has 0 fully saturated rings. The van der Waals surface area contributed by atoms with Gasteiger partial charge in [0, 0.05) is 0 Å². The molecule has 1 atom stereocenters. The third-order valence-electron chi connectivity index (χ3n) is 6.50. The van der Waals surface area contributed by atoms with Gasteiger partial charge in [-0.15, -0.1) is 0 Å². The Morgan fingerprint density at radius 1 is 0.879 bits per heavy atom. The number of rotatable bonds is 8. The summed E-state index contributed by atoms with van der Waals surface area (Å²) in [4.78, 5) is 15.9. The SMILES string of the molecule is COc1ccc(CN2C(=O)C(C)(C[Se]Cc3ccccc3)C(C)=C2c2ccc(C)cc2)cc1. The first-order valence-electron chi connectivity index (χ1n) is 11.3. The zero-order chi connectivity index (χ0) is 23.4. The van der Waals surface area contributed by atoms with Gasteiger partial charge in [0.05, 0.1) is 0 Å². The molecule has 0 spiro atoms. The summed E-state index contributed by atoms with van der Waals surface area (Å²) in [6, 6.07) is 27.1. The van der Waals surface area contributed by atoms with E-state index >= 15 is 0 Å². The Morgan fingerprint density at radius 2 is 1.55 bits per heavy atom. The number of carbonyl (C=O) groups excluding carboxylic acids is 1. The molecule has 0 N–H and O–H groups in total. The van der Waals surface area contributed by atoms with Gasteiger partial charge in [0.25, 0.3) is 0 Å². The van der Waals surface area contributed by atoms with Crippen molar-refractivity contribution >= 4 is 26.6 Å². The van der Waals surface area contributed by atoms with Crippen LogP contribution >= 0.6 is 0 Å². The van der Waals surface area contributed by atoms with Crippen molar-refractivity contribution in [3.63, 3.8) is 0 Å². The molecule has 3 nitrogen and oxygen atoms in total. The standard InChI is InChI=1S/C29H31NO2Se/c1-21-10-14-25(15-11-21)27-22(2)29(3,20-33-19-24-8-6-5-7-9-24)28(31)30(27)18-23-12-16-26(32-4)17-13-23/h5-17H,18-20H2,1-4H3. The van der Waals surface area contributed by atoms with Crippen LogP contribution < -0.4 is 4.74 Å². The average molecular weight is 505 g/mol. The monoisotopic (exact) mass is 505 g/mol. The van der Waals surface area contributed by atoms with E-state index in [-0.39, 0.29) is 5.91 Å². The number of ether oxygens (including phenoxy) is 1. The molecular formula is C29H31NO2Se. The van der Waals surface area contributed by atoms with Crippen LogP contribution in [-0.2, 0) is 16.7 Å². The summed E-state index contributed by atoms with van der Waals surface area (Å²) >= 11 is 0.335. The van der Waals surface area contributed by atoms with E-state index in [9.17, 15) is 4.79 Å². The summed E-state index contributed by atoms with van der Waals surface area (Å²) in [5.41, 5.74) is 6.55. The molecule has 1 aliphatic rings. The molecule has 1 amide bonds. The van der Waals surface area contributed by atoms with E-state index in [4.69, 9.17) is 4.74 Å². The van der Waals surface area contributed by atoms with E-state index in [1.807, 2.05) is 29.2 Å². The predicted octanol–water partition coefficient (Wildman–Crippen LogP) is 6.11. The molecule has 4 rings (SSSR count). The van der Waals surface area contributed by atoms with E-state index in [2.05, 4.69) is 75.4 Å². The van der Waals surface area contributed by atoms with Crippen LogP contribution in [0.3, 0.4) is 0 Å². The molecule has 0 saturated carbocycles. The first-order chi connectivity index (χ1) is 15.9. The van der Waals surface area contributed by atoms with Crippen LogP contribution in [-0.4, -0.2) is 32.9 Å². The topological polar surface area (TPSA) is 29.5 Å². The Hall–Kier alpha value is -2.81. The Kier molecular flexibility index (Phi) is 7.07. The van der Waals surface area contributed by atoms with E-state index in [1.54, 1.807) is 7.11 Å². The van der Waals surface area contributed by atoms with Crippen molar-refractivity contribution < 1.29 is 9.53 Å². The first kappa shape index (κ1) is 23.4.